The van der Waals surface area contributed by atoms with E-state index >= 15 is 0 Å². The number of aryl methyl sites for hydroxylation is 1. The summed E-state index contributed by atoms with van der Waals surface area (Å²) in [5, 5.41) is 2.71. The first-order chi connectivity index (χ1) is 6.29. The highest BCUT2D eigenvalue weighted by Crippen LogP contribution is 2.18. The number of fused-ring (bicyclic) bond motifs is 1. The molecule has 1 amide bonds. The van der Waals surface area contributed by atoms with Gasteiger partial charge in [-0.15, -0.1) is 0 Å². The highest BCUT2D eigenvalue weighted by atomic mass is 16.1. The lowest BCUT2D eigenvalue weighted by atomic mass is 10.2. The van der Waals surface area contributed by atoms with Crippen LogP contribution in [0.1, 0.15) is 24.7 Å². The van der Waals surface area contributed by atoms with E-state index in [1.807, 2.05) is 0 Å². The Hall–Kier alpha value is -1.45. The first kappa shape index (κ1) is 8.16. The number of hydrogen-bond donors (Lipinski definition) is 1. The van der Waals surface area contributed by atoms with Crippen molar-refractivity contribution in [1.82, 2.24) is 9.97 Å². The molecule has 1 aromatic rings. The molecule has 0 radical (unpaired) electrons. The van der Waals surface area contributed by atoms with E-state index in [-0.39, 0.29) is 5.91 Å². The summed E-state index contributed by atoms with van der Waals surface area (Å²) in [5.41, 5.74) is 0.907. The Morgan fingerprint density at radius 1 is 1.62 bits per heavy atom. The van der Waals surface area contributed by atoms with Gasteiger partial charge in [0.1, 0.15) is 11.6 Å². The Bertz CT molecular complexity index is 349. The van der Waals surface area contributed by atoms with Crippen molar-refractivity contribution in [3.05, 3.63) is 17.6 Å². The molecular weight excluding hydrogens is 166 g/mol. The maximum absolute atomic E-state index is 11.0. The van der Waals surface area contributed by atoms with E-state index < -0.39 is 0 Å². The average molecular weight is 177 g/mol. The van der Waals surface area contributed by atoms with E-state index in [0.29, 0.717) is 12.2 Å². The van der Waals surface area contributed by atoms with Gasteiger partial charge in [-0.05, 0) is 6.42 Å². The van der Waals surface area contributed by atoms with Crippen LogP contribution in [-0.2, 0) is 17.6 Å². The van der Waals surface area contributed by atoms with Crippen LogP contribution in [0.2, 0.25) is 0 Å². The number of nitrogens with zero attached hydrogens (tertiary/aromatic N) is 2. The van der Waals surface area contributed by atoms with Crippen molar-refractivity contribution < 1.29 is 4.79 Å². The van der Waals surface area contributed by atoms with Gasteiger partial charge in [0.15, 0.2) is 0 Å². The number of carbonyl (C=O) groups is 1. The third-order valence-electron chi connectivity index (χ3n) is 2.00. The molecule has 1 aliphatic heterocycles. The molecule has 2 rings (SSSR count). The molecule has 0 unspecified atom stereocenters. The summed E-state index contributed by atoms with van der Waals surface area (Å²) in [7, 11) is 0. The van der Waals surface area contributed by atoms with E-state index in [1.165, 1.54) is 0 Å². The zero-order chi connectivity index (χ0) is 9.26. The molecule has 4 heteroatoms. The van der Waals surface area contributed by atoms with E-state index in [1.54, 1.807) is 6.20 Å². The quantitative estimate of drug-likeness (QED) is 0.731. The lowest BCUT2D eigenvalue weighted by Gasteiger charge is -1.99. The van der Waals surface area contributed by atoms with E-state index in [4.69, 9.17) is 0 Å². The van der Waals surface area contributed by atoms with Gasteiger partial charge in [-0.1, -0.05) is 6.92 Å². The lowest BCUT2D eigenvalue weighted by molar-refractivity contribution is -0.115. The zero-order valence-electron chi connectivity index (χ0n) is 7.50. The fourth-order valence-electron chi connectivity index (χ4n) is 1.37. The second-order valence-electron chi connectivity index (χ2n) is 3.14. The van der Waals surface area contributed by atoms with Crippen LogP contribution in [0.15, 0.2) is 6.20 Å². The number of carbonyl (C=O) groups excluding carboxylic acids is 1. The number of hydrogen-bond acceptors (Lipinski definition) is 3. The Morgan fingerprint density at radius 2 is 2.46 bits per heavy atom. The van der Waals surface area contributed by atoms with Gasteiger partial charge in [0.25, 0.3) is 0 Å². The van der Waals surface area contributed by atoms with Crippen molar-refractivity contribution >= 4 is 11.7 Å². The van der Waals surface area contributed by atoms with Crippen LogP contribution in [0.25, 0.3) is 0 Å². The smallest absolute Gasteiger partial charge is 0.230 e. The van der Waals surface area contributed by atoms with Crippen molar-refractivity contribution in [3.8, 4) is 0 Å². The van der Waals surface area contributed by atoms with Crippen LogP contribution in [-0.4, -0.2) is 15.9 Å². The summed E-state index contributed by atoms with van der Waals surface area (Å²) in [6.07, 6.45) is 4.04. The van der Waals surface area contributed by atoms with Crippen LogP contribution in [0.4, 0.5) is 5.82 Å². The molecule has 4 nitrogen and oxygen atoms in total. The molecule has 0 bridgehead atoms. The SMILES string of the molecule is CCCc1ncc2c(n1)NC(=O)C2. The summed E-state index contributed by atoms with van der Waals surface area (Å²) in [6, 6.07) is 0. The Balaban J connectivity index is 2.29. The Kier molecular flexibility index (Phi) is 1.96. The minimum Gasteiger partial charge on any atom is -0.310 e. The number of aromatic nitrogens is 2. The third kappa shape index (κ3) is 1.52. The van der Waals surface area contributed by atoms with Crippen molar-refractivity contribution in [2.24, 2.45) is 0 Å². The molecule has 0 fully saturated rings. The van der Waals surface area contributed by atoms with Gasteiger partial charge in [0.05, 0.1) is 6.42 Å². The van der Waals surface area contributed by atoms with Gasteiger partial charge in [-0.3, -0.25) is 4.79 Å². The molecule has 1 N–H and O–H groups in total. The average Bonchev–Trinajstić information content (AvgIpc) is 2.44. The zero-order valence-corrected chi connectivity index (χ0v) is 7.50. The second kappa shape index (κ2) is 3.12. The predicted molar refractivity (Wildman–Crippen MR) is 48.4 cm³/mol. The molecule has 0 atom stereocenters. The minimum atomic E-state index is 0.0120. The molecule has 0 aliphatic carbocycles. The largest absolute Gasteiger partial charge is 0.310 e. The highest BCUT2D eigenvalue weighted by molar-refractivity contribution is 5.97. The summed E-state index contributed by atoms with van der Waals surface area (Å²) in [6.45, 7) is 2.08. The van der Waals surface area contributed by atoms with Crippen molar-refractivity contribution in [1.29, 1.82) is 0 Å². The van der Waals surface area contributed by atoms with Crippen molar-refractivity contribution in [2.75, 3.05) is 5.32 Å². The van der Waals surface area contributed by atoms with Gasteiger partial charge < -0.3 is 5.32 Å². The molecule has 68 valence electrons. The van der Waals surface area contributed by atoms with E-state index in [0.717, 1.165) is 24.2 Å². The second-order valence-corrected chi connectivity index (χ2v) is 3.14. The topological polar surface area (TPSA) is 54.9 Å². The standard InChI is InChI=1S/C9H11N3O/c1-2-3-7-10-5-6-4-8(13)12-9(6)11-7/h5H,2-4H2,1H3,(H,10,11,12,13). The first-order valence-electron chi connectivity index (χ1n) is 4.44. The molecule has 0 aromatic carbocycles. The summed E-state index contributed by atoms with van der Waals surface area (Å²) >= 11 is 0. The van der Waals surface area contributed by atoms with E-state index in [2.05, 4.69) is 22.2 Å². The van der Waals surface area contributed by atoms with Gasteiger partial charge in [0.2, 0.25) is 5.91 Å². The molecule has 1 aliphatic rings. The summed E-state index contributed by atoms with van der Waals surface area (Å²) < 4.78 is 0. The van der Waals surface area contributed by atoms with Crippen LogP contribution in [0.3, 0.4) is 0 Å². The fraction of sp³-hybridized carbons (Fsp3) is 0.444. The maximum Gasteiger partial charge on any atom is 0.230 e. The Morgan fingerprint density at radius 3 is 3.23 bits per heavy atom. The number of anilines is 1. The monoisotopic (exact) mass is 177 g/mol. The van der Waals surface area contributed by atoms with Gasteiger partial charge >= 0.3 is 0 Å². The molecule has 13 heavy (non-hydrogen) atoms. The van der Waals surface area contributed by atoms with Crippen molar-refractivity contribution in [3.63, 3.8) is 0 Å². The highest BCUT2D eigenvalue weighted by Gasteiger charge is 2.19. The number of rotatable bonds is 2. The fourth-order valence-corrected chi connectivity index (χ4v) is 1.37. The minimum absolute atomic E-state index is 0.0120. The lowest BCUT2D eigenvalue weighted by Crippen LogP contribution is -2.05. The summed E-state index contributed by atoms with van der Waals surface area (Å²) in [4.78, 5) is 19.4. The Labute approximate surface area is 76.4 Å². The molecular formula is C9H11N3O. The number of amides is 1. The maximum atomic E-state index is 11.0. The third-order valence-corrected chi connectivity index (χ3v) is 2.00. The van der Waals surface area contributed by atoms with Crippen LogP contribution in [0, 0.1) is 0 Å². The van der Waals surface area contributed by atoms with Gasteiger partial charge in [-0.2, -0.15) is 0 Å². The molecule has 2 heterocycles. The predicted octanol–water partition coefficient (Wildman–Crippen LogP) is 0.924. The van der Waals surface area contributed by atoms with E-state index in [9.17, 15) is 4.79 Å². The van der Waals surface area contributed by atoms with Crippen LogP contribution >= 0.6 is 0 Å². The van der Waals surface area contributed by atoms with Crippen LogP contribution in [0.5, 0.6) is 0 Å². The van der Waals surface area contributed by atoms with Gasteiger partial charge in [-0.25, -0.2) is 9.97 Å². The molecule has 0 saturated carbocycles. The van der Waals surface area contributed by atoms with Crippen molar-refractivity contribution in [2.45, 2.75) is 26.2 Å². The number of nitrogens with one attached hydrogen (secondary N) is 1. The molecule has 1 aromatic heterocycles. The first-order valence-corrected chi connectivity index (χ1v) is 4.44. The summed E-state index contributed by atoms with van der Waals surface area (Å²) in [5.74, 6) is 1.52. The van der Waals surface area contributed by atoms with Crippen LogP contribution < -0.4 is 5.32 Å². The van der Waals surface area contributed by atoms with Gasteiger partial charge in [0, 0.05) is 18.2 Å². The normalized spacial score (nSPS) is 14.1. The molecule has 0 saturated heterocycles. The molecule has 0 spiro atoms.